The molecule has 2 N–H and O–H groups in total. The molecule has 114 valence electrons. The van der Waals surface area contributed by atoms with Gasteiger partial charge in [0.2, 0.25) is 0 Å². The molecule has 2 unspecified atom stereocenters. The van der Waals surface area contributed by atoms with E-state index in [-0.39, 0.29) is 18.5 Å². The molecule has 1 aliphatic rings. The van der Waals surface area contributed by atoms with Crippen LogP contribution in [0, 0.1) is 29.5 Å². The summed E-state index contributed by atoms with van der Waals surface area (Å²) in [7, 11) is 0. The van der Waals surface area contributed by atoms with Crippen LogP contribution in [0.4, 0.5) is 4.39 Å². The Hall–Kier alpha value is -1.37. The van der Waals surface area contributed by atoms with Gasteiger partial charge in [-0.1, -0.05) is 31.8 Å². The minimum atomic E-state index is -0.254. The minimum absolute atomic E-state index is 0.250. The summed E-state index contributed by atoms with van der Waals surface area (Å²) in [5.74, 6) is 6.69. The number of nitrogens with two attached hydrogens (primary N) is 1. The van der Waals surface area contributed by atoms with Crippen LogP contribution in [0.3, 0.4) is 0 Å². The number of hydrogen-bond donors (Lipinski definition) is 1. The summed E-state index contributed by atoms with van der Waals surface area (Å²) in [6, 6.07) is 5.02. The van der Waals surface area contributed by atoms with Crippen LogP contribution in [-0.4, -0.2) is 12.6 Å². The van der Waals surface area contributed by atoms with E-state index in [1.54, 1.807) is 6.07 Å². The van der Waals surface area contributed by atoms with Gasteiger partial charge in [-0.15, -0.1) is 0 Å². The molecule has 0 aromatic heterocycles. The number of halogens is 1. The molecule has 1 fully saturated rings. The second kappa shape index (κ2) is 7.59. The van der Waals surface area contributed by atoms with Gasteiger partial charge in [-0.25, -0.2) is 4.39 Å². The Labute approximate surface area is 126 Å². The van der Waals surface area contributed by atoms with Crippen LogP contribution in [0.25, 0.3) is 0 Å². The van der Waals surface area contributed by atoms with Crippen molar-refractivity contribution in [3.8, 4) is 11.8 Å². The molecule has 0 spiro atoms. The lowest BCUT2D eigenvalue weighted by molar-refractivity contribution is -0.0102. The van der Waals surface area contributed by atoms with E-state index in [2.05, 4.69) is 25.7 Å². The van der Waals surface area contributed by atoms with Gasteiger partial charge in [0.15, 0.2) is 0 Å². The number of benzene rings is 1. The fraction of sp³-hybridized carbons (Fsp3) is 0.556. The molecule has 0 heterocycles. The number of hydrogen-bond acceptors (Lipinski definition) is 2. The van der Waals surface area contributed by atoms with E-state index in [0.717, 1.165) is 12.8 Å². The summed E-state index contributed by atoms with van der Waals surface area (Å²) in [6.45, 7) is 5.14. The molecule has 0 amide bonds. The van der Waals surface area contributed by atoms with Gasteiger partial charge in [0.25, 0.3) is 0 Å². The third-order valence-corrected chi connectivity index (χ3v) is 4.00. The van der Waals surface area contributed by atoms with Crippen molar-refractivity contribution in [1.29, 1.82) is 0 Å². The molecular weight excluding hydrogens is 265 g/mol. The summed E-state index contributed by atoms with van der Waals surface area (Å²) in [5.41, 5.74) is 6.56. The Kier molecular flexibility index (Phi) is 5.78. The second-order valence-electron chi connectivity index (χ2n) is 6.16. The Morgan fingerprint density at radius 2 is 1.95 bits per heavy atom. The third-order valence-electron chi connectivity index (χ3n) is 4.00. The highest BCUT2D eigenvalue weighted by Gasteiger charge is 2.24. The molecule has 1 aromatic carbocycles. The second-order valence-corrected chi connectivity index (χ2v) is 6.16. The molecule has 3 heteroatoms. The average molecular weight is 289 g/mol. The summed E-state index contributed by atoms with van der Waals surface area (Å²) in [4.78, 5) is 0. The fourth-order valence-corrected chi connectivity index (χ4v) is 3.11. The monoisotopic (exact) mass is 289 g/mol. The van der Waals surface area contributed by atoms with Gasteiger partial charge in [-0.3, -0.25) is 0 Å². The van der Waals surface area contributed by atoms with Crippen molar-refractivity contribution in [2.45, 2.75) is 45.8 Å². The Morgan fingerprint density at radius 3 is 2.57 bits per heavy atom. The third kappa shape index (κ3) is 4.84. The Morgan fingerprint density at radius 1 is 1.24 bits per heavy atom. The first kappa shape index (κ1) is 16.0. The smallest absolute Gasteiger partial charge is 0.129 e. The lowest BCUT2D eigenvalue weighted by Crippen LogP contribution is -2.26. The van der Waals surface area contributed by atoms with Crippen LogP contribution in [0.5, 0.6) is 0 Å². The predicted octanol–water partition coefficient (Wildman–Crippen LogP) is 3.48. The Bertz CT molecular complexity index is 522. The maximum Gasteiger partial charge on any atom is 0.129 e. The van der Waals surface area contributed by atoms with E-state index < -0.39 is 0 Å². The van der Waals surface area contributed by atoms with Crippen LogP contribution in [0.15, 0.2) is 18.2 Å². The number of rotatable bonds is 3. The predicted molar refractivity (Wildman–Crippen MR) is 83.1 cm³/mol. The molecule has 0 aliphatic heterocycles. The molecule has 0 radical (unpaired) electrons. The van der Waals surface area contributed by atoms with Gasteiger partial charge < -0.3 is 10.5 Å². The topological polar surface area (TPSA) is 35.2 Å². The van der Waals surface area contributed by atoms with Crippen LogP contribution in [0.1, 0.15) is 44.2 Å². The molecule has 1 aromatic rings. The first-order chi connectivity index (χ1) is 10.1. The molecule has 1 aliphatic carbocycles. The molecule has 2 atom stereocenters. The standard InChI is InChI=1S/C18H24FNO/c1-13-8-14(2)10-17(9-13)21-12-16-6-5-15(4-3-7-20)11-18(16)19/h5-6,11,13-14,17H,7-10,12,20H2,1-2H3. The van der Waals surface area contributed by atoms with Crippen LogP contribution >= 0.6 is 0 Å². The van der Waals surface area contributed by atoms with E-state index >= 15 is 0 Å². The quantitative estimate of drug-likeness (QED) is 0.865. The highest BCUT2D eigenvalue weighted by Crippen LogP contribution is 2.30. The largest absolute Gasteiger partial charge is 0.373 e. The van der Waals surface area contributed by atoms with Gasteiger partial charge in [-0.05, 0) is 43.2 Å². The van der Waals surface area contributed by atoms with E-state index in [4.69, 9.17) is 10.5 Å². The van der Waals surface area contributed by atoms with E-state index in [9.17, 15) is 4.39 Å². The zero-order valence-corrected chi connectivity index (χ0v) is 12.9. The highest BCUT2D eigenvalue weighted by atomic mass is 19.1. The number of ether oxygens (including phenoxy) is 1. The van der Waals surface area contributed by atoms with Gasteiger partial charge in [-0.2, -0.15) is 0 Å². The maximum atomic E-state index is 14.0. The first-order valence-electron chi connectivity index (χ1n) is 7.67. The molecule has 0 saturated heterocycles. The van der Waals surface area contributed by atoms with Gasteiger partial charge in [0, 0.05) is 11.1 Å². The van der Waals surface area contributed by atoms with Crippen molar-refractivity contribution in [2.75, 3.05) is 6.54 Å². The SMILES string of the molecule is CC1CC(C)CC(OCc2ccc(C#CCN)cc2F)C1. The van der Waals surface area contributed by atoms with Gasteiger partial charge >= 0.3 is 0 Å². The highest BCUT2D eigenvalue weighted by molar-refractivity contribution is 5.37. The Balaban J connectivity index is 1.94. The molecule has 2 rings (SSSR count). The van der Waals surface area contributed by atoms with Crippen molar-refractivity contribution < 1.29 is 9.13 Å². The van der Waals surface area contributed by atoms with Gasteiger partial charge in [0.1, 0.15) is 5.82 Å². The minimum Gasteiger partial charge on any atom is -0.373 e. The molecule has 1 saturated carbocycles. The van der Waals surface area contributed by atoms with Crippen molar-refractivity contribution in [1.82, 2.24) is 0 Å². The normalized spacial score (nSPS) is 25.2. The summed E-state index contributed by atoms with van der Waals surface area (Å²) < 4.78 is 19.9. The molecule has 0 bridgehead atoms. The first-order valence-corrected chi connectivity index (χ1v) is 7.67. The van der Waals surface area contributed by atoms with Crippen molar-refractivity contribution in [2.24, 2.45) is 17.6 Å². The lowest BCUT2D eigenvalue weighted by atomic mass is 9.82. The molecule has 21 heavy (non-hydrogen) atoms. The zero-order valence-electron chi connectivity index (χ0n) is 12.9. The molecule has 2 nitrogen and oxygen atoms in total. The van der Waals surface area contributed by atoms with E-state index in [0.29, 0.717) is 29.6 Å². The fourth-order valence-electron chi connectivity index (χ4n) is 3.11. The average Bonchev–Trinajstić information content (AvgIpc) is 2.43. The van der Waals surface area contributed by atoms with Crippen LogP contribution < -0.4 is 5.73 Å². The van der Waals surface area contributed by atoms with Crippen molar-refractivity contribution in [3.05, 3.63) is 35.1 Å². The summed E-state index contributed by atoms with van der Waals surface area (Å²) in [6.07, 6.45) is 3.67. The van der Waals surface area contributed by atoms with Crippen molar-refractivity contribution >= 4 is 0 Å². The van der Waals surface area contributed by atoms with Crippen LogP contribution in [0.2, 0.25) is 0 Å². The van der Waals surface area contributed by atoms with E-state index in [1.807, 2.05) is 6.07 Å². The maximum absolute atomic E-state index is 14.0. The van der Waals surface area contributed by atoms with Crippen molar-refractivity contribution in [3.63, 3.8) is 0 Å². The zero-order chi connectivity index (χ0) is 15.2. The van der Waals surface area contributed by atoms with Gasteiger partial charge in [0.05, 0.1) is 19.3 Å². The lowest BCUT2D eigenvalue weighted by Gasteiger charge is -2.31. The summed E-state index contributed by atoms with van der Waals surface area (Å²) >= 11 is 0. The summed E-state index contributed by atoms with van der Waals surface area (Å²) in [5, 5.41) is 0. The van der Waals surface area contributed by atoms with E-state index in [1.165, 1.54) is 12.5 Å². The van der Waals surface area contributed by atoms with Crippen LogP contribution in [-0.2, 0) is 11.3 Å². The molecular formula is C18H24FNO.